The first kappa shape index (κ1) is 28.5. The number of amides is 2. The average molecular weight is 540 g/mol. The maximum absolute atomic E-state index is 13.6. The van der Waals surface area contributed by atoms with Crippen molar-refractivity contribution in [3.05, 3.63) is 99.1 Å². The number of ether oxygens (including phenoxy) is 2. The van der Waals surface area contributed by atoms with E-state index in [4.69, 9.17) is 21.1 Å². The monoisotopic (exact) mass is 539 g/mol. The molecule has 0 saturated carbocycles. The fraction of sp³-hybridized carbons (Fsp3) is 0.286. The second-order valence-corrected chi connectivity index (χ2v) is 9.27. The Morgan fingerprint density at radius 1 is 1.05 bits per heavy atom. The van der Waals surface area contributed by atoms with Gasteiger partial charge in [-0.25, -0.2) is 0 Å². The van der Waals surface area contributed by atoms with Crippen LogP contribution in [-0.2, 0) is 22.6 Å². The van der Waals surface area contributed by atoms with Gasteiger partial charge in [0.1, 0.15) is 11.8 Å². The summed E-state index contributed by atoms with van der Waals surface area (Å²) in [7, 11) is 1.31. The van der Waals surface area contributed by atoms with Gasteiger partial charge in [0.05, 0.1) is 12.0 Å². The predicted octanol–water partition coefficient (Wildman–Crippen LogP) is 4.80. The Kier molecular flexibility index (Phi) is 10.1. The number of carbonyl (C=O) groups is 2. The highest BCUT2D eigenvalue weighted by molar-refractivity contribution is 6.31. The molecule has 3 rings (SSSR count). The molecule has 0 unspecified atom stereocenters. The first-order valence-electron chi connectivity index (χ1n) is 12.0. The standard InChI is InChI=1S/C28H30ClN3O6/c1-19(2)30-28(34)25(15-20-9-5-4-6-10-20)31(17-21-11-7-8-12-23(21)29)27(33)18-38-22-13-14-24(32(35)36)26(16-22)37-3/h4-14,16,19,25H,15,17-18H2,1-3H3,(H,30,34)/t25-/m0/s1. The molecule has 1 N–H and O–H groups in total. The number of nitrogens with zero attached hydrogens (tertiary/aromatic N) is 2. The van der Waals surface area contributed by atoms with E-state index in [0.717, 1.165) is 5.56 Å². The first-order chi connectivity index (χ1) is 18.2. The molecule has 0 heterocycles. The molecule has 0 bridgehead atoms. The molecule has 10 heteroatoms. The minimum Gasteiger partial charge on any atom is -0.490 e. The number of benzene rings is 3. The summed E-state index contributed by atoms with van der Waals surface area (Å²) < 4.78 is 10.8. The molecule has 3 aromatic rings. The van der Waals surface area contributed by atoms with Crippen LogP contribution < -0.4 is 14.8 Å². The summed E-state index contributed by atoms with van der Waals surface area (Å²) >= 11 is 6.41. The van der Waals surface area contributed by atoms with Gasteiger partial charge in [-0.15, -0.1) is 0 Å². The van der Waals surface area contributed by atoms with Gasteiger partial charge >= 0.3 is 5.69 Å². The summed E-state index contributed by atoms with van der Waals surface area (Å²) in [6.45, 7) is 3.37. The third kappa shape index (κ3) is 7.69. The van der Waals surface area contributed by atoms with Crippen molar-refractivity contribution < 1.29 is 24.0 Å². The van der Waals surface area contributed by atoms with Crippen molar-refractivity contribution in [1.29, 1.82) is 0 Å². The van der Waals surface area contributed by atoms with Crippen molar-refractivity contribution in [3.8, 4) is 11.5 Å². The van der Waals surface area contributed by atoms with Gasteiger partial charge in [-0.1, -0.05) is 60.1 Å². The lowest BCUT2D eigenvalue weighted by atomic mass is 10.0. The van der Waals surface area contributed by atoms with Gasteiger partial charge < -0.3 is 19.7 Å². The Balaban J connectivity index is 1.92. The Bertz CT molecular complexity index is 1270. The molecule has 0 radical (unpaired) electrons. The molecule has 2 amide bonds. The molecular formula is C28H30ClN3O6. The maximum atomic E-state index is 13.6. The minimum absolute atomic E-state index is 0.00568. The molecule has 9 nitrogen and oxygen atoms in total. The first-order valence-corrected chi connectivity index (χ1v) is 12.4. The molecule has 0 aliphatic heterocycles. The van der Waals surface area contributed by atoms with E-state index in [2.05, 4.69) is 5.32 Å². The van der Waals surface area contributed by atoms with Gasteiger partial charge in [-0.05, 0) is 37.1 Å². The largest absolute Gasteiger partial charge is 0.490 e. The maximum Gasteiger partial charge on any atom is 0.311 e. The summed E-state index contributed by atoms with van der Waals surface area (Å²) in [6.07, 6.45) is 0.279. The molecule has 3 aromatic carbocycles. The smallest absolute Gasteiger partial charge is 0.311 e. The number of rotatable bonds is 12. The van der Waals surface area contributed by atoms with E-state index < -0.39 is 23.5 Å². The Labute approximate surface area is 226 Å². The summed E-state index contributed by atoms with van der Waals surface area (Å²) in [5.74, 6) is -0.542. The number of hydrogen-bond donors (Lipinski definition) is 1. The van der Waals surface area contributed by atoms with E-state index in [-0.39, 0.29) is 42.1 Å². The van der Waals surface area contributed by atoms with Gasteiger partial charge in [0.25, 0.3) is 5.91 Å². The molecule has 0 aliphatic rings. The van der Waals surface area contributed by atoms with Crippen molar-refractivity contribution in [3.63, 3.8) is 0 Å². The molecule has 200 valence electrons. The molecular weight excluding hydrogens is 510 g/mol. The van der Waals surface area contributed by atoms with E-state index >= 15 is 0 Å². The molecule has 0 saturated heterocycles. The van der Waals surface area contributed by atoms with Crippen molar-refractivity contribution in [2.45, 2.75) is 38.9 Å². The third-order valence-electron chi connectivity index (χ3n) is 5.71. The van der Waals surface area contributed by atoms with Crippen LogP contribution in [0.1, 0.15) is 25.0 Å². The lowest BCUT2D eigenvalue weighted by Gasteiger charge is -2.32. The second-order valence-electron chi connectivity index (χ2n) is 8.86. The summed E-state index contributed by atoms with van der Waals surface area (Å²) in [5, 5.41) is 14.6. The van der Waals surface area contributed by atoms with Crippen molar-refractivity contribution >= 4 is 29.1 Å². The zero-order chi connectivity index (χ0) is 27.7. The molecule has 0 spiro atoms. The number of nitro benzene ring substituents is 1. The Morgan fingerprint density at radius 2 is 1.74 bits per heavy atom. The van der Waals surface area contributed by atoms with Crippen LogP contribution in [0, 0.1) is 10.1 Å². The average Bonchev–Trinajstić information content (AvgIpc) is 2.90. The van der Waals surface area contributed by atoms with Crippen LogP contribution in [0.15, 0.2) is 72.8 Å². The number of carbonyl (C=O) groups excluding carboxylic acids is 2. The summed E-state index contributed by atoms with van der Waals surface area (Å²) in [5.41, 5.74) is 1.34. The van der Waals surface area contributed by atoms with Crippen LogP contribution >= 0.6 is 11.6 Å². The van der Waals surface area contributed by atoms with Gasteiger partial charge in [-0.3, -0.25) is 19.7 Å². The van der Waals surface area contributed by atoms with Crippen LogP contribution in [-0.4, -0.2) is 47.4 Å². The quantitative estimate of drug-likeness (QED) is 0.261. The number of halogens is 1. The highest BCUT2D eigenvalue weighted by atomic mass is 35.5. The van der Waals surface area contributed by atoms with Gasteiger partial charge in [-0.2, -0.15) is 0 Å². The SMILES string of the molecule is COc1cc(OCC(=O)N(Cc2ccccc2Cl)[C@@H](Cc2ccccc2)C(=O)NC(C)C)ccc1[N+](=O)[O-]. The Hall–Kier alpha value is -4.11. The second kappa shape index (κ2) is 13.4. The summed E-state index contributed by atoms with van der Waals surface area (Å²) in [4.78, 5) is 39.1. The molecule has 1 atom stereocenters. The fourth-order valence-corrected chi connectivity index (χ4v) is 4.07. The van der Waals surface area contributed by atoms with E-state index in [0.29, 0.717) is 10.6 Å². The van der Waals surface area contributed by atoms with Crippen LogP contribution in [0.3, 0.4) is 0 Å². The molecule has 0 aromatic heterocycles. The minimum atomic E-state index is -0.849. The normalized spacial score (nSPS) is 11.5. The summed E-state index contributed by atoms with van der Waals surface area (Å²) in [6, 6.07) is 19.5. The highest BCUT2D eigenvalue weighted by Crippen LogP contribution is 2.31. The lowest BCUT2D eigenvalue weighted by molar-refractivity contribution is -0.385. The zero-order valence-electron chi connectivity index (χ0n) is 21.4. The van der Waals surface area contributed by atoms with Gasteiger partial charge in [0.15, 0.2) is 6.61 Å². The zero-order valence-corrected chi connectivity index (χ0v) is 22.2. The fourth-order valence-electron chi connectivity index (χ4n) is 3.87. The van der Waals surface area contributed by atoms with E-state index in [1.165, 1.54) is 30.2 Å². The highest BCUT2D eigenvalue weighted by Gasteiger charge is 2.31. The number of methoxy groups -OCH3 is 1. The van der Waals surface area contributed by atoms with Crippen LogP contribution in [0.25, 0.3) is 0 Å². The van der Waals surface area contributed by atoms with Gasteiger partial charge in [0.2, 0.25) is 11.7 Å². The topological polar surface area (TPSA) is 111 Å². The van der Waals surface area contributed by atoms with E-state index in [1.807, 2.05) is 50.2 Å². The van der Waals surface area contributed by atoms with Gasteiger partial charge in [0, 0.05) is 36.2 Å². The van der Waals surface area contributed by atoms with Crippen molar-refractivity contribution in [2.75, 3.05) is 13.7 Å². The Morgan fingerprint density at radius 3 is 2.37 bits per heavy atom. The van der Waals surface area contributed by atoms with Crippen LogP contribution in [0.2, 0.25) is 5.02 Å². The molecule has 38 heavy (non-hydrogen) atoms. The molecule has 0 aliphatic carbocycles. The van der Waals surface area contributed by atoms with E-state index in [1.54, 1.807) is 18.2 Å². The van der Waals surface area contributed by atoms with Crippen molar-refractivity contribution in [2.24, 2.45) is 0 Å². The van der Waals surface area contributed by atoms with E-state index in [9.17, 15) is 19.7 Å². The third-order valence-corrected chi connectivity index (χ3v) is 6.08. The number of hydrogen-bond acceptors (Lipinski definition) is 6. The lowest BCUT2D eigenvalue weighted by Crippen LogP contribution is -2.52. The van der Waals surface area contributed by atoms with Crippen molar-refractivity contribution in [1.82, 2.24) is 10.2 Å². The number of nitrogens with one attached hydrogen (secondary N) is 1. The van der Waals surface area contributed by atoms with Crippen LogP contribution in [0.5, 0.6) is 11.5 Å². The van der Waals surface area contributed by atoms with Crippen LogP contribution in [0.4, 0.5) is 5.69 Å². The molecule has 0 fully saturated rings. The number of nitro groups is 1. The predicted molar refractivity (Wildman–Crippen MR) is 144 cm³/mol.